The zero-order valence-electron chi connectivity index (χ0n) is 12.5. The molecule has 0 amide bonds. The fourth-order valence-corrected chi connectivity index (χ4v) is 2.02. The van der Waals surface area contributed by atoms with E-state index in [4.69, 9.17) is 4.74 Å². The molecule has 1 aromatic carbocycles. The fraction of sp³-hybridized carbons (Fsp3) is 0.294. The van der Waals surface area contributed by atoms with Crippen LogP contribution in [0.3, 0.4) is 0 Å². The Morgan fingerprint density at radius 1 is 1.32 bits per heavy atom. The smallest absolute Gasteiger partial charge is 0.318 e. The number of aliphatic hydroxyl groups is 1. The van der Waals surface area contributed by atoms with Crippen molar-refractivity contribution in [3.05, 3.63) is 65.2 Å². The number of aryl methyl sites for hydroxylation is 1. The summed E-state index contributed by atoms with van der Waals surface area (Å²) < 4.78 is 18.7. The van der Waals surface area contributed by atoms with Crippen molar-refractivity contribution in [2.75, 3.05) is 6.61 Å². The third-order valence-corrected chi connectivity index (χ3v) is 3.67. The summed E-state index contributed by atoms with van der Waals surface area (Å²) in [4.78, 5) is 16.0. The number of pyridine rings is 1. The van der Waals surface area contributed by atoms with Gasteiger partial charge in [-0.3, -0.25) is 9.78 Å². The van der Waals surface area contributed by atoms with Crippen LogP contribution in [-0.2, 0) is 21.6 Å². The second-order valence-corrected chi connectivity index (χ2v) is 5.40. The zero-order valence-corrected chi connectivity index (χ0v) is 12.5. The van der Waals surface area contributed by atoms with E-state index in [1.165, 1.54) is 12.3 Å². The van der Waals surface area contributed by atoms with Crippen LogP contribution < -0.4 is 0 Å². The lowest BCUT2D eigenvalue weighted by Crippen LogP contribution is -2.38. The van der Waals surface area contributed by atoms with Crippen LogP contribution in [0.4, 0.5) is 4.39 Å². The summed E-state index contributed by atoms with van der Waals surface area (Å²) in [5.41, 5.74) is 0.765. The molecule has 0 aliphatic rings. The highest BCUT2D eigenvalue weighted by molar-refractivity contribution is 5.83. The maximum Gasteiger partial charge on any atom is 0.318 e. The number of benzene rings is 1. The Kier molecular flexibility index (Phi) is 4.88. The first kappa shape index (κ1) is 16.1. The molecule has 0 saturated heterocycles. The quantitative estimate of drug-likeness (QED) is 0.862. The SMILES string of the molecule is Cc1ccc(C(C)(CO)C(=O)OCc2ccncc2F)cc1. The monoisotopic (exact) mass is 303 g/mol. The van der Waals surface area contributed by atoms with Crippen molar-refractivity contribution in [1.82, 2.24) is 4.98 Å². The van der Waals surface area contributed by atoms with Gasteiger partial charge >= 0.3 is 5.97 Å². The Labute approximate surface area is 128 Å². The van der Waals surface area contributed by atoms with Gasteiger partial charge in [0.25, 0.3) is 0 Å². The molecule has 5 heteroatoms. The van der Waals surface area contributed by atoms with E-state index >= 15 is 0 Å². The third-order valence-electron chi connectivity index (χ3n) is 3.67. The van der Waals surface area contributed by atoms with Crippen LogP contribution in [0.25, 0.3) is 0 Å². The lowest BCUT2D eigenvalue weighted by Gasteiger charge is -2.25. The topological polar surface area (TPSA) is 59.4 Å². The molecule has 0 radical (unpaired) electrons. The average Bonchev–Trinajstić information content (AvgIpc) is 2.53. The van der Waals surface area contributed by atoms with E-state index in [9.17, 15) is 14.3 Å². The molecule has 4 nitrogen and oxygen atoms in total. The summed E-state index contributed by atoms with van der Waals surface area (Å²) in [6.07, 6.45) is 2.49. The summed E-state index contributed by atoms with van der Waals surface area (Å²) in [5.74, 6) is -1.13. The minimum absolute atomic E-state index is 0.200. The van der Waals surface area contributed by atoms with E-state index in [2.05, 4.69) is 4.98 Å². The number of esters is 1. The molecule has 0 aliphatic carbocycles. The molecule has 2 aromatic rings. The van der Waals surface area contributed by atoms with Crippen molar-refractivity contribution in [1.29, 1.82) is 0 Å². The summed E-state index contributed by atoms with van der Waals surface area (Å²) in [6, 6.07) is 8.72. The molecule has 1 unspecified atom stereocenters. The van der Waals surface area contributed by atoms with Gasteiger partial charge in [0.05, 0.1) is 12.8 Å². The number of hydrogen-bond acceptors (Lipinski definition) is 4. The second kappa shape index (κ2) is 6.66. The minimum atomic E-state index is -1.18. The van der Waals surface area contributed by atoms with E-state index in [-0.39, 0.29) is 12.2 Å². The molecular formula is C17H18FNO3. The molecule has 0 fully saturated rings. The summed E-state index contributed by atoms with van der Waals surface area (Å²) in [7, 11) is 0. The molecule has 0 aliphatic heterocycles. The maximum absolute atomic E-state index is 13.5. The van der Waals surface area contributed by atoms with Crippen molar-refractivity contribution < 1.29 is 19.0 Å². The molecule has 0 saturated carbocycles. The van der Waals surface area contributed by atoms with Crippen LogP contribution in [0.1, 0.15) is 23.6 Å². The van der Waals surface area contributed by atoms with Gasteiger partial charge < -0.3 is 9.84 Å². The zero-order chi connectivity index (χ0) is 16.2. The number of aliphatic hydroxyl groups excluding tert-OH is 1. The molecule has 2 rings (SSSR count). The van der Waals surface area contributed by atoms with E-state index in [1.807, 2.05) is 19.1 Å². The van der Waals surface area contributed by atoms with Gasteiger partial charge in [-0.05, 0) is 25.5 Å². The number of ether oxygens (including phenoxy) is 1. The lowest BCUT2D eigenvalue weighted by molar-refractivity contribution is -0.153. The minimum Gasteiger partial charge on any atom is -0.460 e. The highest BCUT2D eigenvalue weighted by Gasteiger charge is 2.36. The molecule has 0 bridgehead atoms. The number of nitrogens with zero attached hydrogens (tertiary/aromatic N) is 1. The van der Waals surface area contributed by atoms with E-state index in [1.54, 1.807) is 19.1 Å². The van der Waals surface area contributed by atoms with Crippen LogP contribution in [0.2, 0.25) is 0 Å². The van der Waals surface area contributed by atoms with Gasteiger partial charge in [0.15, 0.2) is 0 Å². The van der Waals surface area contributed by atoms with Crippen molar-refractivity contribution in [2.45, 2.75) is 25.9 Å². The molecule has 0 spiro atoms. The molecule has 1 N–H and O–H groups in total. The highest BCUT2D eigenvalue weighted by atomic mass is 19.1. The predicted molar refractivity (Wildman–Crippen MR) is 79.6 cm³/mol. The average molecular weight is 303 g/mol. The normalized spacial score (nSPS) is 13.5. The summed E-state index contributed by atoms with van der Waals surface area (Å²) in [6.45, 7) is 2.94. The molecule has 1 atom stereocenters. The number of rotatable bonds is 5. The number of carbonyl (C=O) groups is 1. The van der Waals surface area contributed by atoms with Gasteiger partial charge in [-0.25, -0.2) is 4.39 Å². The lowest BCUT2D eigenvalue weighted by atomic mass is 9.83. The number of hydrogen-bond donors (Lipinski definition) is 1. The van der Waals surface area contributed by atoms with Crippen LogP contribution in [0.15, 0.2) is 42.7 Å². The second-order valence-electron chi connectivity index (χ2n) is 5.40. The molecule has 1 aromatic heterocycles. The third kappa shape index (κ3) is 3.31. The first-order chi connectivity index (χ1) is 10.5. The Bertz CT molecular complexity index is 657. The highest BCUT2D eigenvalue weighted by Crippen LogP contribution is 2.26. The standard InChI is InChI=1S/C17H18FNO3/c1-12-3-5-14(6-4-12)17(2,11-20)16(21)22-10-13-7-8-19-9-15(13)18/h3-9,20H,10-11H2,1-2H3. The van der Waals surface area contributed by atoms with Crippen LogP contribution >= 0.6 is 0 Å². The van der Waals surface area contributed by atoms with Gasteiger partial charge in [0, 0.05) is 11.8 Å². The Hall–Kier alpha value is -2.27. The van der Waals surface area contributed by atoms with Gasteiger partial charge in [-0.2, -0.15) is 0 Å². The van der Waals surface area contributed by atoms with Crippen molar-refractivity contribution in [3.8, 4) is 0 Å². The van der Waals surface area contributed by atoms with Gasteiger partial charge in [0.2, 0.25) is 0 Å². The first-order valence-corrected chi connectivity index (χ1v) is 6.91. The Morgan fingerprint density at radius 3 is 2.59 bits per heavy atom. The van der Waals surface area contributed by atoms with E-state index in [0.29, 0.717) is 5.56 Å². The van der Waals surface area contributed by atoms with Crippen LogP contribution in [0, 0.1) is 12.7 Å². The summed E-state index contributed by atoms with van der Waals surface area (Å²) >= 11 is 0. The Balaban J connectivity index is 2.15. The van der Waals surface area contributed by atoms with Gasteiger partial charge in [0.1, 0.15) is 17.8 Å². The number of carbonyl (C=O) groups excluding carboxylic acids is 1. The van der Waals surface area contributed by atoms with Crippen LogP contribution in [-0.4, -0.2) is 22.7 Å². The van der Waals surface area contributed by atoms with Crippen molar-refractivity contribution >= 4 is 5.97 Å². The first-order valence-electron chi connectivity index (χ1n) is 6.91. The summed E-state index contributed by atoms with van der Waals surface area (Å²) in [5, 5.41) is 9.65. The fourth-order valence-electron chi connectivity index (χ4n) is 2.02. The molecule has 22 heavy (non-hydrogen) atoms. The molecule has 1 heterocycles. The van der Waals surface area contributed by atoms with E-state index < -0.39 is 23.8 Å². The predicted octanol–water partition coefficient (Wildman–Crippen LogP) is 2.52. The van der Waals surface area contributed by atoms with Gasteiger partial charge in [-0.15, -0.1) is 0 Å². The molecule has 116 valence electrons. The maximum atomic E-state index is 13.5. The van der Waals surface area contributed by atoms with Crippen molar-refractivity contribution in [2.24, 2.45) is 0 Å². The molecular weight excluding hydrogens is 285 g/mol. The van der Waals surface area contributed by atoms with E-state index in [0.717, 1.165) is 11.8 Å². The van der Waals surface area contributed by atoms with Crippen LogP contribution in [0.5, 0.6) is 0 Å². The number of halogens is 1. The van der Waals surface area contributed by atoms with Gasteiger partial charge in [-0.1, -0.05) is 29.8 Å². The number of aromatic nitrogens is 1. The van der Waals surface area contributed by atoms with Crippen molar-refractivity contribution in [3.63, 3.8) is 0 Å². The Morgan fingerprint density at radius 2 is 2.00 bits per heavy atom. The largest absolute Gasteiger partial charge is 0.460 e.